The summed E-state index contributed by atoms with van der Waals surface area (Å²) in [6.45, 7) is 2.50. The van der Waals surface area contributed by atoms with Crippen molar-refractivity contribution in [2.75, 3.05) is 11.9 Å². The molecule has 0 spiro atoms. The lowest BCUT2D eigenvalue weighted by molar-refractivity contribution is 0.100. The molecule has 1 aliphatic rings. The number of hydrogen-bond acceptors (Lipinski definition) is 5. The number of hydrogen-bond donors (Lipinski definition) is 2. The van der Waals surface area contributed by atoms with Gasteiger partial charge in [0.25, 0.3) is 11.8 Å². The van der Waals surface area contributed by atoms with Crippen LogP contribution in [0.3, 0.4) is 0 Å². The lowest BCUT2D eigenvalue weighted by Crippen LogP contribution is -2.19. The number of thiophene rings is 1. The number of fused-ring (bicyclic) bond motifs is 2. The Morgan fingerprint density at radius 2 is 1.91 bits per heavy atom. The summed E-state index contributed by atoms with van der Waals surface area (Å²) in [5.41, 5.74) is 9.90. The molecular weight excluding hydrogens is 446 g/mol. The van der Waals surface area contributed by atoms with Crippen LogP contribution in [0.4, 0.5) is 5.00 Å². The van der Waals surface area contributed by atoms with Crippen LogP contribution in [-0.4, -0.2) is 23.4 Å². The number of para-hydroxylation sites is 1. The number of ether oxygens (including phenoxy) is 1. The Morgan fingerprint density at radius 3 is 2.74 bits per heavy atom. The Kier molecular flexibility index (Phi) is 6.02. The van der Waals surface area contributed by atoms with Gasteiger partial charge >= 0.3 is 0 Å². The Bertz CT molecular complexity index is 1410. The summed E-state index contributed by atoms with van der Waals surface area (Å²) < 4.78 is 5.64. The lowest BCUT2D eigenvalue weighted by Gasteiger charge is -2.12. The number of nitrogens with two attached hydrogens (primary N) is 1. The van der Waals surface area contributed by atoms with Crippen LogP contribution in [0, 0.1) is 0 Å². The highest BCUT2D eigenvalue weighted by Crippen LogP contribution is 2.38. The van der Waals surface area contributed by atoms with Gasteiger partial charge in [0.15, 0.2) is 0 Å². The van der Waals surface area contributed by atoms with E-state index in [1.54, 1.807) is 6.07 Å². The monoisotopic (exact) mass is 471 g/mol. The molecule has 0 radical (unpaired) electrons. The molecule has 0 bridgehead atoms. The molecule has 172 valence electrons. The van der Waals surface area contributed by atoms with Gasteiger partial charge in [0, 0.05) is 15.8 Å². The van der Waals surface area contributed by atoms with E-state index < -0.39 is 5.91 Å². The first kappa shape index (κ1) is 22.1. The average Bonchev–Trinajstić information content (AvgIpc) is 3.21. The molecule has 0 fully saturated rings. The largest absolute Gasteiger partial charge is 0.494 e. The molecule has 2 heterocycles. The Hall–Kier alpha value is -3.71. The predicted octanol–water partition coefficient (Wildman–Crippen LogP) is 5.59. The van der Waals surface area contributed by atoms with E-state index in [1.807, 2.05) is 55.5 Å². The molecule has 0 atom stereocenters. The zero-order chi connectivity index (χ0) is 23.7. The third-order valence-electron chi connectivity index (χ3n) is 6.05. The number of aryl methyl sites for hydroxylation is 1. The molecule has 5 rings (SSSR count). The number of primary amides is 1. The van der Waals surface area contributed by atoms with E-state index in [-0.39, 0.29) is 5.91 Å². The zero-order valence-corrected chi connectivity index (χ0v) is 19.7. The van der Waals surface area contributed by atoms with Gasteiger partial charge in [-0.15, -0.1) is 11.3 Å². The molecule has 3 N–H and O–H groups in total. The van der Waals surface area contributed by atoms with E-state index in [0.717, 1.165) is 52.8 Å². The van der Waals surface area contributed by atoms with Crippen LogP contribution >= 0.6 is 11.3 Å². The highest BCUT2D eigenvalue weighted by Gasteiger charge is 2.26. The number of aromatic nitrogens is 1. The highest BCUT2D eigenvalue weighted by molar-refractivity contribution is 7.17. The Morgan fingerprint density at radius 1 is 1.09 bits per heavy atom. The molecule has 34 heavy (non-hydrogen) atoms. The van der Waals surface area contributed by atoms with Gasteiger partial charge in [-0.3, -0.25) is 9.59 Å². The van der Waals surface area contributed by atoms with Crippen molar-refractivity contribution in [2.45, 2.75) is 32.6 Å². The molecule has 7 heteroatoms. The van der Waals surface area contributed by atoms with Crippen LogP contribution < -0.4 is 15.8 Å². The van der Waals surface area contributed by atoms with E-state index in [9.17, 15) is 9.59 Å². The molecule has 0 aliphatic heterocycles. The summed E-state index contributed by atoms with van der Waals surface area (Å²) in [6, 6.07) is 17.0. The molecule has 1 aliphatic carbocycles. The molecule has 0 unspecified atom stereocenters. The van der Waals surface area contributed by atoms with Crippen LogP contribution in [0.1, 0.15) is 50.9 Å². The zero-order valence-electron chi connectivity index (χ0n) is 18.9. The van der Waals surface area contributed by atoms with Crippen molar-refractivity contribution in [1.82, 2.24) is 4.98 Å². The summed E-state index contributed by atoms with van der Waals surface area (Å²) in [6.07, 6.45) is 3.84. The van der Waals surface area contributed by atoms with E-state index in [0.29, 0.717) is 33.9 Å². The van der Waals surface area contributed by atoms with Crippen molar-refractivity contribution in [3.05, 3.63) is 76.2 Å². The number of pyridine rings is 1. The van der Waals surface area contributed by atoms with Crippen molar-refractivity contribution in [1.29, 1.82) is 0 Å². The minimum atomic E-state index is -0.497. The number of rotatable bonds is 6. The Balaban J connectivity index is 1.58. The van der Waals surface area contributed by atoms with Crippen molar-refractivity contribution in [2.24, 2.45) is 5.73 Å². The summed E-state index contributed by atoms with van der Waals surface area (Å²) in [5, 5.41) is 4.27. The maximum absolute atomic E-state index is 13.6. The van der Waals surface area contributed by atoms with Gasteiger partial charge in [0.05, 0.1) is 28.9 Å². The number of nitrogens with one attached hydrogen (secondary N) is 1. The van der Waals surface area contributed by atoms with Gasteiger partial charge in [-0.05, 0) is 62.4 Å². The van der Waals surface area contributed by atoms with Gasteiger partial charge in [0.2, 0.25) is 0 Å². The van der Waals surface area contributed by atoms with E-state index in [2.05, 4.69) is 5.32 Å². The molecule has 0 saturated heterocycles. The van der Waals surface area contributed by atoms with Crippen LogP contribution in [0.15, 0.2) is 54.6 Å². The van der Waals surface area contributed by atoms with E-state index in [1.165, 1.54) is 11.3 Å². The summed E-state index contributed by atoms with van der Waals surface area (Å²) >= 11 is 1.46. The minimum absolute atomic E-state index is 0.290. The minimum Gasteiger partial charge on any atom is -0.494 e. The molecule has 0 saturated carbocycles. The second kappa shape index (κ2) is 9.27. The number of benzene rings is 2. The van der Waals surface area contributed by atoms with Crippen LogP contribution in [-0.2, 0) is 12.8 Å². The summed E-state index contributed by atoms with van der Waals surface area (Å²) in [7, 11) is 0. The third-order valence-corrected chi connectivity index (χ3v) is 7.25. The van der Waals surface area contributed by atoms with Gasteiger partial charge in [-0.1, -0.05) is 30.3 Å². The summed E-state index contributed by atoms with van der Waals surface area (Å²) in [5.74, 6) is -0.0409. The fourth-order valence-electron chi connectivity index (χ4n) is 4.51. The van der Waals surface area contributed by atoms with E-state index >= 15 is 0 Å². The fraction of sp³-hybridized carbons (Fsp3) is 0.222. The molecule has 6 nitrogen and oxygen atoms in total. The number of nitrogens with zero attached hydrogens (tertiary/aromatic N) is 1. The maximum atomic E-state index is 13.6. The molecular formula is C27H25N3O3S. The SMILES string of the molecule is CCOc1cccc(-c2cc(C(=O)Nc3sc4c(c3C(N)=O)CCCC4)c3ccccc3n2)c1. The van der Waals surface area contributed by atoms with Crippen LogP contribution in [0.2, 0.25) is 0 Å². The number of anilines is 1. The molecule has 2 aromatic heterocycles. The van der Waals surface area contributed by atoms with Gasteiger partial charge in [0.1, 0.15) is 10.8 Å². The van der Waals surface area contributed by atoms with Crippen molar-refractivity contribution >= 4 is 39.1 Å². The first-order valence-electron chi connectivity index (χ1n) is 11.4. The quantitative estimate of drug-likeness (QED) is 0.383. The topological polar surface area (TPSA) is 94.3 Å². The molecule has 2 aromatic carbocycles. The standard InChI is InChI=1S/C27H25N3O3S/c1-2-33-17-9-7-8-16(14-17)22-15-20(18-10-3-5-12-21(18)29-22)26(32)30-27-24(25(28)31)19-11-4-6-13-23(19)34-27/h3,5,7-10,12,14-15H,2,4,6,11,13H2,1H3,(H2,28,31)(H,30,32). The van der Waals surface area contributed by atoms with Gasteiger partial charge < -0.3 is 15.8 Å². The first-order chi connectivity index (χ1) is 16.5. The van der Waals surface area contributed by atoms with Crippen molar-refractivity contribution < 1.29 is 14.3 Å². The normalized spacial score (nSPS) is 12.9. The number of carbonyl (C=O) groups is 2. The Labute approximate surface area is 201 Å². The predicted molar refractivity (Wildman–Crippen MR) is 136 cm³/mol. The van der Waals surface area contributed by atoms with Crippen molar-refractivity contribution in [3.63, 3.8) is 0 Å². The number of amides is 2. The molecule has 2 amide bonds. The number of carbonyl (C=O) groups excluding carboxylic acids is 2. The van der Waals surface area contributed by atoms with Gasteiger partial charge in [-0.2, -0.15) is 0 Å². The second-order valence-electron chi connectivity index (χ2n) is 8.27. The van der Waals surface area contributed by atoms with Crippen LogP contribution in [0.25, 0.3) is 22.2 Å². The van der Waals surface area contributed by atoms with E-state index in [4.69, 9.17) is 15.5 Å². The van der Waals surface area contributed by atoms with Crippen molar-refractivity contribution in [3.8, 4) is 17.0 Å². The fourth-order valence-corrected chi connectivity index (χ4v) is 5.80. The maximum Gasteiger partial charge on any atom is 0.257 e. The second-order valence-corrected chi connectivity index (χ2v) is 9.37. The van der Waals surface area contributed by atoms with Crippen LogP contribution in [0.5, 0.6) is 5.75 Å². The highest BCUT2D eigenvalue weighted by atomic mass is 32.1. The average molecular weight is 472 g/mol. The first-order valence-corrected chi connectivity index (χ1v) is 12.3. The molecule has 4 aromatic rings. The smallest absolute Gasteiger partial charge is 0.257 e. The summed E-state index contributed by atoms with van der Waals surface area (Å²) in [4.78, 5) is 31.8. The van der Waals surface area contributed by atoms with Gasteiger partial charge in [-0.25, -0.2) is 4.98 Å². The lowest BCUT2D eigenvalue weighted by atomic mass is 9.95. The third kappa shape index (κ3) is 4.15.